The lowest BCUT2D eigenvalue weighted by molar-refractivity contribution is -0.119. The molecule has 0 aliphatic heterocycles. The van der Waals surface area contributed by atoms with Crippen molar-refractivity contribution < 1.29 is 17.9 Å². The fourth-order valence-corrected chi connectivity index (χ4v) is 5.04. The third kappa shape index (κ3) is 7.21. The van der Waals surface area contributed by atoms with Crippen molar-refractivity contribution in [1.82, 2.24) is 5.43 Å². The Morgan fingerprint density at radius 2 is 1.58 bits per heavy atom. The van der Waals surface area contributed by atoms with Crippen LogP contribution >= 0.6 is 11.6 Å². The third-order valence-electron chi connectivity index (χ3n) is 5.54. The molecule has 0 aliphatic rings. The number of amides is 1. The molecule has 0 aromatic heterocycles. The molecule has 0 radical (unpaired) electrons. The lowest BCUT2D eigenvalue weighted by atomic mass is 10.2. The second kappa shape index (κ2) is 12.4. The molecular formula is C29H26ClN3O4S. The van der Waals surface area contributed by atoms with Crippen LogP contribution in [0, 0.1) is 6.92 Å². The van der Waals surface area contributed by atoms with Crippen molar-refractivity contribution in [2.45, 2.75) is 18.4 Å². The second-order valence-electron chi connectivity index (χ2n) is 8.44. The molecule has 0 saturated heterocycles. The standard InChI is InChI=1S/C29H26ClN3O4S/c1-22-7-9-24(10-8-22)21-37-27-15-11-23(12-16-27)19-31-32-29(34)20-33(26-5-3-2-4-6-26)38(35,36)28-17-13-25(30)14-18-28/h2-19H,20-21H2,1H3,(H,32,34)/b31-19-. The fourth-order valence-electron chi connectivity index (χ4n) is 3.49. The average molecular weight is 548 g/mol. The highest BCUT2D eigenvalue weighted by Crippen LogP contribution is 2.24. The first kappa shape index (κ1) is 26.9. The van der Waals surface area contributed by atoms with Gasteiger partial charge < -0.3 is 4.74 Å². The van der Waals surface area contributed by atoms with E-state index in [4.69, 9.17) is 16.3 Å². The number of halogens is 1. The zero-order chi connectivity index (χ0) is 27.0. The number of sulfonamides is 1. The molecule has 9 heteroatoms. The van der Waals surface area contributed by atoms with E-state index >= 15 is 0 Å². The summed E-state index contributed by atoms with van der Waals surface area (Å²) in [6, 6.07) is 29.5. The lowest BCUT2D eigenvalue weighted by Gasteiger charge is -2.23. The summed E-state index contributed by atoms with van der Waals surface area (Å²) >= 11 is 5.91. The van der Waals surface area contributed by atoms with Gasteiger partial charge in [-0.25, -0.2) is 13.8 Å². The Hall–Kier alpha value is -4.14. The molecule has 4 aromatic rings. The number of ether oxygens (including phenoxy) is 1. The Bertz CT molecular complexity index is 1490. The zero-order valence-corrected chi connectivity index (χ0v) is 22.2. The predicted molar refractivity (Wildman–Crippen MR) is 150 cm³/mol. The van der Waals surface area contributed by atoms with Crippen molar-refractivity contribution in [3.63, 3.8) is 0 Å². The summed E-state index contributed by atoms with van der Waals surface area (Å²) in [6.07, 6.45) is 1.47. The molecule has 4 aromatic carbocycles. The number of para-hydroxylation sites is 1. The number of hydrazone groups is 1. The summed E-state index contributed by atoms with van der Waals surface area (Å²) in [7, 11) is -4.03. The first-order valence-electron chi connectivity index (χ1n) is 11.7. The number of hydrogen-bond acceptors (Lipinski definition) is 5. The van der Waals surface area contributed by atoms with E-state index in [9.17, 15) is 13.2 Å². The minimum absolute atomic E-state index is 0.0201. The van der Waals surface area contributed by atoms with Crippen LogP contribution in [0.5, 0.6) is 5.75 Å². The van der Waals surface area contributed by atoms with E-state index in [-0.39, 0.29) is 4.90 Å². The summed E-state index contributed by atoms with van der Waals surface area (Å²) in [5, 5.41) is 4.39. The van der Waals surface area contributed by atoms with Gasteiger partial charge in [0.05, 0.1) is 16.8 Å². The molecule has 0 atom stereocenters. The van der Waals surface area contributed by atoms with Crippen molar-refractivity contribution in [3.8, 4) is 5.75 Å². The van der Waals surface area contributed by atoms with E-state index in [2.05, 4.69) is 10.5 Å². The van der Waals surface area contributed by atoms with Gasteiger partial charge in [0, 0.05) is 5.02 Å². The quantitative estimate of drug-likeness (QED) is 0.207. The Labute approximate surface area is 227 Å². The van der Waals surface area contributed by atoms with E-state index in [1.807, 2.05) is 43.3 Å². The number of hydrogen-bond donors (Lipinski definition) is 1. The van der Waals surface area contributed by atoms with E-state index < -0.39 is 22.5 Å². The predicted octanol–water partition coefficient (Wildman–Crippen LogP) is 5.57. The maximum absolute atomic E-state index is 13.3. The smallest absolute Gasteiger partial charge is 0.264 e. The Balaban J connectivity index is 1.38. The largest absolute Gasteiger partial charge is 0.489 e. The number of benzene rings is 4. The molecule has 1 N–H and O–H groups in total. The van der Waals surface area contributed by atoms with E-state index in [1.165, 1.54) is 36.0 Å². The molecule has 0 saturated carbocycles. The van der Waals surface area contributed by atoms with Crippen LogP contribution in [0.3, 0.4) is 0 Å². The monoisotopic (exact) mass is 547 g/mol. The van der Waals surface area contributed by atoms with Gasteiger partial charge in [0.15, 0.2) is 0 Å². The van der Waals surface area contributed by atoms with Crippen LogP contribution in [0.4, 0.5) is 5.69 Å². The lowest BCUT2D eigenvalue weighted by Crippen LogP contribution is -2.39. The van der Waals surface area contributed by atoms with Gasteiger partial charge in [-0.1, -0.05) is 59.6 Å². The van der Waals surface area contributed by atoms with Crippen LogP contribution in [0.1, 0.15) is 16.7 Å². The van der Waals surface area contributed by atoms with Gasteiger partial charge in [0.1, 0.15) is 18.9 Å². The van der Waals surface area contributed by atoms with E-state index in [0.29, 0.717) is 23.1 Å². The van der Waals surface area contributed by atoms with Gasteiger partial charge >= 0.3 is 0 Å². The molecule has 194 valence electrons. The third-order valence-corrected chi connectivity index (χ3v) is 7.58. The van der Waals surface area contributed by atoms with E-state index in [1.54, 1.807) is 42.5 Å². The highest BCUT2D eigenvalue weighted by atomic mass is 35.5. The normalized spacial score (nSPS) is 11.3. The number of aryl methyl sites for hydroxylation is 1. The maximum atomic E-state index is 13.3. The molecule has 4 rings (SSSR count). The minimum Gasteiger partial charge on any atom is -0.489 e. The first-order chi connectivity index (χ1) is 18.3. The van der Waals surface area contributed by atoms with Crippen molar-refractivity contribution in [2.24, 2.45) is 5.10 Å². The fraction of sp³-hybridized carbons (Fsp3) is 0.103. The summed E-state index contributed by atoms with van der Waals surface area (Å²) in [5.74, 6) is 0.110. The van der Waals surface area contributed by atoms with Gasteiger partial charge in [0.25, 0.3) is 15.9 Å². The average Bonchev–Trinajstić information content (AvgIpc) is 2.93. The van der Waals surface area contributed by atoms with Gasteiger partial charge in [-0.2, -0.15) is 5.10 Å². The number of rotatable bonds is 10. The van der Waals surface area contributed by atoms with E-state index in [0.717, 1.165) is 15.4 Å². The van der Waals surface area contributed by atoms with Crippen molar-refractivity contribution in [2.75, 3.05) is 10.8 Å². The maximum Gasteiger partial charge on any atom is 0.264 e. The summed E-state index contributed by atoms with van der Waals surface area (Å²) in [6.45, 7) is 2.04. The van der Waals surface area contributed by atoms with Gasteiger partial charge in [-0.15, -0.1) is 0 Å². The first-order valence-corrected chi connectivity index (χ1v) is 13.6. The molecule has 38 heavy (non-hydrogen) atoms. The molecule has 0 spiro atoms. The molecule has 0 aliphatic carbocycles. The summed E-state index contributed by atoms with van der Waals surface area (Å²) in [4.78, 5) is 12.7. The number of nitrogens with one attached hydrogen (secondary N) is 1. The van der Waals surface area contributed by atoms with Crippen LogP contribution in [-0.2, 0) is 21.4 Å². The minimum atomic E-state index is -4.03. The van der Waals surface area contributed by atoms with Gasteiger partial charge in [0.2, 0.25) is 0 Å². The van der Waals surface area contributed by atoms with Crippen LogP contribution in [-0.4, -0.2) is 27.1 Å². The molecule has 0 fully saturated rings. The van der Waals surface area contributed by atoms with Crippen molar-refractivity contribution >= 4 is 39.4 Å². The molecule has 0 heterocycles. The van der Waals surface area contributed by atoms with Gasteiger partial charge in [-0.3, -0.25) is 9.10 Å². The number of carbonyl (C=O) groups is 1. The molecular weight excluding hydrogens is 522 g/mol. The number of carbonyl (C=O) groups excluding carboxylic acids is 1. The molecule has 0 unspecified atom stereocenters. The number of anilines is 1. The molecule has 7 nitrogen and oxygen atoms in total. The number of nitrogens with zero attached hydrogens (tertiary/aromatic N) is 2. The highest BCUT2D eigenvalue weighted by Gasteiger charge is 2.27. The Morgan fingerprint density at radius 1 is 0.921 bits per heavy atom. The van der Waals surface area contributed by atoms with Crippen molar-refractivity contribution in [1.29, 1.82) is 0 Å². The van der Waals surface area contributed by atoms with Crippen LogP contribution in [0.15, 0.2) is 113 Å². The summed E-state index contributed by atoms with van der Waals surface area (Å²) in [5.41, 5.74) is 5.76. The van der Waals surface area contributed by atoms with Crippen LogP contribution < -0.4 is 14.5 Å². The second-order valence-corrected chi connectivity index (χ2v) is 10.7. The topological polar surface area (TPSA) is 88.1 Å². The Kier molecular flexibility index (Phi) is 8.78. The summed E-state index contributed by atoms with van der Waals surface area (Å²) < 4.78 is 33.5. The highest BCUT2D eigenvalue weighted by molar-refractivity contribution is 7.92. The molecule has 1 amide bonds. The van der Waals surface area contributed by atoms with Crippen LogP contribution in [0.2, 0.25) is 5.02 Å². The SMILES string of the molecule is Cc1ccc(COc2ccc(/C=N\NC(=O)CN(c3ccccc3)S(=O)(=O)c3ccc(Cl)cc3)cc2)cc1. The van der Waals surface area contributed by atoms with Crippen molar-refractivity contribution in [3.05, 3.63) is 125 Å². The zero-order valence-electron chi connectivity index (χ0n) is 20.6. The van der Waals surface area contributed by atoms with Gasteiger partial charge in [-0.05, 0) is 78.7 Å². The Morgan fingerprint density at radius 3 is 2.24 bits per heavy atom. The van der Waals surface area contributed by atoms with Crippen LogP contribution in [0.25, 0.3) is 0 Å². The molecule has 0 bridgehead atoms.